The number of hydrogen-bond donors (Lipinski definition) is 2. The van der Waals surface area contributed by atoms with E-state index in [1.165, 1.54) is 22.1 Å². The fourth-order valence-electron chi connectivity index (χ4n) is 5.05. The number of aromatic nitrogens is 3. The average molecular weight is 561 g/mol. The third-order valence-corrected chi connectivity index (χ3v) is 7.76. The van der Waals surface area contributed by atoms with Gasteiger partial charge in [-0.25, -0.2) is 13.8 Å². The Balaban J connectivity index is 1.23. The van der Waals surface area contributed by atoms with Crippen molar-refractivity contribution in [3.05, 3.63) is 77.7 Å². The molecule has 6 rings (SSSR count). The van der Waals surface area contributed by atoms with Crippen LogP contribution >= 0.6 is 11.3 Å². The topological polar surface area (TPSA) is 123 Å². The molecule has 3 amide bonds. The standard InChI is InChI=1S/C28H22F2N6O3S/c29-16-11-22(35(12-16)24(37)13-36-21-7-2-1-4-18(21)26(34-36)27(31)38)28(39)33-19-6-3-5-17(25(19)30)15-8-9-23-20(10-15)32-14-40-23/h1-10,14,16,22H,11-13H2,(H2,31,38)(H,33,39)/t16-,22+/m1/s1. The van der Waals surface area contributed by atoms with Crippen molar-refractivity contribution in [2.45, 2.75) is 25.2 Å². The van der Waals surface area contributed by atoms with E-state index in [9.17, 15) is 18.8 Å². The number of halogens is 2. The Bertz CT molecular complexity index is 1800. The van der Waals surface area contributed by atoms with E-state index in [4.69, 9.17) is 5.73 Å². The molecule has 2 atom stereocenters. The second kappa shape index (κ2) is 10.1. The molecule has 9 nitrogen and oxygen atoms in total. The fourth-order valence-corrected chi connectivity index (χ4v) is 5.71. The molecule has 3 heterocycles. The summed E-state index contributed by atoms with van der Waals surface area (Å²) < 4.78 is 32.3. The molecule has 1 saturated heterocycles. The predicted molar refractivity (Wildman–Crippen MR) is 147 cm³/mol. The van der Waals surface area contributed by atoms with Crippen LogP contribution in [0.5, 0.6) is 0 Å². The number of carbonyl (C=O) groups is 3. The van der Waals surface area contributed by atoms with Crippen molar-refractivity contribution < 1.29 is 23.2 Å². The zero-order chi connectivity index (χ0) is 28.0. The van der Waals surface area contributed by atoms with Gasteiger partial charge in [0.2, 0.25) is 11.8 Å². The first-order valence-electron chi connectivity index (χ1n) is 12.4. The van der Waals surface area contributed by atoms with Crippen LogP contribution in [0, 0.1) is 5.82 Å². The number of rotatable bonds is 6. The molecule has 12 heteroatoms. The number of primary amides is 1. The molecule has 3 aromatic carbocycles. The SMILES string of the molecule is NC(=O)c1nn(CC(=O)N2C[C@H](F)C[C@H]2C(=O)Nc2cccc(-c3ccc4scnc4c3)c2F)c2ccccc12. The van der Waals surface area contributed by atoms with Gasteiger partial charge in [0.15, 0.2) is 11.5 Å². The van der Waals surface area contributed by atoms with Gasteiger partial charge in [-0.05, 0) is 29.8 Å². The maximum atomic E-state index is 15.5. The summed E-state index contributed by atoms with van der Waals surface area (Å²) >= 11 is 1.48. The highest BCUT2D eigenvalue weighted by atomic mass is 32.1. The number of likely N-dealkylation sites (tertiary alicyclic amines) is 1. The van der Waals surface area contributed by atoms with Crippen LogP contribution in [0.2, 0.25) is 0 Å². The van der Waals surface area contributed by atoms with Gasteiger partial charge in [-0.1, -0.05) is 36.4 Å². The van der Waals surface area contributed by atoms with E-state index >= 15 is 4.39 Å². The maximum absolute atomic E-state index is 15.5. The van der Waals surface area contributed by atoms with Crippen molar-refractivity contribution >= 4 is 55.9 Å². The maximum Gasteiger partial charge on any atom is 0.269 e. The monoisotopic (exact) mass is 560 g/mol. The molecular weight excluding hydrogens is 538 g/mol. The number of anilines is 1. The van der Waals surface area contributed by atoms with E-state index in [2.05, 4.69) is 15.4 Å². The number of fused-ring (bicyclic) bond motifs is 2. The quantitative estimate of drug-likeness (QED) is 0.323. The Morgan fingerprint density at radius 3 is 2.75 bits per heavy atom. The fraction of sp³-hybridized carbons (Fsp3) is 0.179. The second-order valence-corrected chi connectivity index (χ2v) is 10.4. The summed E-state index contributed by atoms with van der Waals surface area (Å²) in [6.45, 7) is -0.637. The second-order valence-electron chi connectivity index (χ2n) is 9.47. The van der Waals surface area contributed by atoms with Gasteiger partial charge < -0.3 is 16.0 Å². The zero-order valence-corrected chi connectivity index (χ0v) is 21.7. The summed E-state index contributed by atoms with van der Waals surface area (Å²) in [5.41, 5.74) is 9.16. The largest absolute Gasteiger partial charge is 0.364 e. The van der Waals surface area contributed by atoms with Crippen LogP contribution in [-0.2, 0) is 16.1 Å². The number of alkyl halides is 1. The molecule has 1 aliphatic heterocycles. The predicted octanol–water partition coefficient (Wildman–Crippen LogP) is 4.13. The van der Waals surface area contributed by atoms with Crippen molar-refractivity contribution in [3.63, 3.8) is 0 Å². The summed E-state index contributed by atoms with van der Waals surface area (Å²) in [4.78, 5) is 43.7. The van der Waals surface area contributed by atoms with Gasteiger partial charge in [0.05, 0.1) is 33.5 Å². The normalized spacial score (nSPS) is 17.0. The van der Waals surface area contributed by atoms with Gasteiger partial charge in [-0.15, -0.1) is 11.3 Å². The average Bonchev–Trinajstić information content (AvgIpc) is 3.66. The summed E-state index contributed by atoms with van der Waals surface area (Å²) in [5, 5.41) is 7.19. The first-order chi connectivity index (χ1) is 19.3. The van der Waals surface area contributed by atoms with Crippen LogP contribution in [0.25, 0.3) is 32.2 Å². The Labute approximate surface area is 230 Å². The van der Waals surface area contributed by atoms with Crippen LogP contribution in [0.4, 0.5) is 14.5 Å². The van der Waals surface area contributed by atoms with E-state index in [0.29, 0.717) is 16.5 Å². The number of hydrogen-bond acceptors (Lipinski definition) is 6. The molecule has 0 saturated carbocycles. The minimum Gasteiger partial charge on any atom is -0.364 e. The number of amides is 3. The third kappa shape index (κ3) is 4.56. The van der Waals surface area contributed by atoms with E-state index < -0.39 is 35.8 Å². The van der Waals surface area contributed by atoms with Gasteiger partial charge in [-0.3, -0.25) is 19.1 Å². The van der Waals surface area contributed by atoms with Crippen LogP contribution in [0.15, 0.2) is 66.2 Å². The van der Waals surface area contributed by atoms with E-state index in [-0.39, 0.29) is 36.5 Å². The molecule has 202 valence electrons. The van der Waals surface area contributed by atoms with E-state index in [1.54, 1.807) is 54.0 Å². The summed E-state index contributed by atoms with van der Waals surface area (Å²) in [6.07, 6.45) is -1.66. The van der Waals surface area contributed by atoms with Crippen molar-refractivity contribution in [1.29, 1.82) is 0 Å². The van der Waals surface area contributed by atoms with Crippen molar-refractivity contribution in [2.24, 2.45) is 5.73 Å². The molecule has 1 aliphatic rings. The van der Waals surface area contributed by atoms with Crippen LogP contribution in [0.1, 0.15) is 16.9 Å². The van der Waals surface area contributed by atoms with Crippen LogP contribution < -0.4 is 11.1 Å². The zero-order valence-electron chi connectivity index (χ0n) is 20.9. The molecule has 0 spiro atoms. The van der Waals surface area contributed by atoms with Crippen molar-refractivity contribution in [2.75, 3.05) is 11.9 Å². The molecule has 0 aliphatic carbocycles. The van der Waals surface area contributed by atoms with Gasteiger partial charge in [0.1, 0.15) is 18.8 Å². The van der Waals surface area contributed by atoms with Crippen molar-refractivity contribution in [1.82, 2.24) is 19.7 Å². The number of thiazole rings is 1. The van der Waals surface area contributed by atoms with Gasteiger partial charge >= 0.3 is 0 Å². The Morgan fingerprint density at radius 1 is 1.10 bits per heavy atom. The highest BCUT2D eigenvalue weighted by Crippen LogP contribution is 2.31. The van der Waals surface area contributed by atoms with Crippen molar-refractivity contribution in [3.8, 4) is 11.1 Å². The molecule has 2 aromatic heterocycles. The van der Waals surface area contributed by atoms with Crippen LogP contribution in [0.3, 0.4) is 0 Å². The van der Waals surface area contributed by atoms with Gasteiger partial charge in [0.25, 0.3) is 5.91 Å². The molecule has 1 fully saturated rings. The number of para-hydroxylation sites is 1. The smallest absolute Gasteiger partial charge is 0.269 e. The number of carbonyl (C=O) groups excluding carboxylic acids is 3. The molecule has 40 heavy (non-hydrogen) atoms. The third-order valence-electron chi connectivity index (χ3n) is 6.95. The highest BCUT2D eigenvalue weighted by Gasteiger charge is 2.40. The Morgan fingerprint density at radius 2 is 1.93 bits per heavy atom. The van der Waals surface area contributed by atoms with Crippen LogP contribution in [-0.4, -0.2) is 56.1 Å². The summed E-state index contributed by atoms with van der Waals surface area (Å²) in [6, 6.07) is 15.6. The summed E-state index contributed by atoms with van der Waals surface area (Å²) in [5.74, 6) is -2.68. The summed E-state index contributed by atoms with van der Waals surface area (Å²) in [7, 11) is 0. The lowest BCUT2D eigenvalue weighted by Gasteiger charge is -2.24. The number of nitrogens with one attached hydrogen (secondary N) is 1. The Kier molecular flexibility index (Phi) is 6.46. The number of benzene rings is 3. The highest BCUT2D eigenvalue weighted by molar-refractivity contribution is 7.16. The molecular formula is C28H22F2N6O3S. The van der Waals surface area contributed by atoms with Gasteiger partial charge in [-0.2, -0.15) is 5.10 Å². The molecule has 3 N–H and O–H groups in total. The molecule has 0 bridgehead atoms. The molecule has 0 unspecified atom stereocenters. The number of nitrogens with two attached hydrogens (primary N) is 1. The molecule has 0 radical (unpaired) electrons. The Hall–Kier alpha value is -4.71. The molecule has 5 aromatic rings. The van der Waals surface area contributed by atoms with E-state index in [1.807, 2.05) is 6.07 Å². The number of nitrogens with zero attached hydrogens (tertiary/aromatic N) is 4. The van der Waals surface area contributed by atoms with Gasteiger partial charge in [0, 0.05) is 17.4 Å². The lowest BCUT2D eigenvalue weighted by Crippen LogP contribution is -2.44. The first-order valence-corrected chi connectivity index (χ1v) is 13.3. The minimum absolute atomic E-state index is 0.00627. The lowest BCUT2D eigenvalue weighted by molar-refractivity contribution is -0.137. The minimum atomic E-state index is -1.43. The lowest BCUT2D eigenvalue weighted by atomic mass is 10.0. The first kappa shape index (κ1) is 25.6. The van der Waals surface area contributed by atoms with E-state index in [0.717, 1.165) is 15.1 Å².